The Morgan fingerprint density at radius 2 is 1.95 bits per heavy atom. The number of unbranched alkanes of at least 4 members (excludes halogenated alkanes) is 1. The van der Waals surface area contributed by atoms with Gasteiger partial charge in [-0.25, -0.2) is 0 Å². The predicted molar refractivity (Wildman–Crippen MR) is 86.9 cm³/mol. The largest absolute Gasteiger partial charge is 0.310 e. The standard InChI is InChI=1S/C17H33N3/c1-5-9-10-15(8-4)17(18-11-6-2)16-13-19-20(14-16)12-7-3/h13-15,17-18H,5-12H2,1-4H3. The van der Waals surface area contributed by atoms with E-state index in [1.54, 1.807) is 0 Å². The third-order valence-electron chi connectivity index (χ3n) is 4.00. The molecule has 0 bridgehead atoms. The van der Waals surface area contributed by atoms with Crippen LogP contribution in [0.2, 0.25) is 0 Å². The number of aromatic nitrogens is 2. The topological polar surface area (TPSA) is 29.9 Å². The number of nitrogens with one attached hydrogen (secondary N) is 1. The van der Waals surface area contributed by atoms with Gasteiger partial charge in [0, 0.05) is 24.3 Å². The summed E-state index contributed by atoms with van der Waals surface area (Å²) >= 11 is 0. The summed E-state index contributed by atoms with van der Waals surface area (Å²) in [7, 11) is 0. The zero-order valence-electron chi connectivity index (χ0n) is 13.9. The first-order valence-electron chi connectivity index (χ1n) is 8.52. The molecule has 0 amide bonds. The van der Waals surface area contributed by atoms with E-state index in [1.165, 1.54) is 37.7 Å². The van der Waals surface area contributed by atoms with Crippen LogP contribution in [0.5, 0.6) is 0 Å². The summed E-state index contributed by atoms with van der Waals surface area (Å²) in [4.78, 5) is 0. The van der Waals surface area contributed by atoms with Crippen molar-refractivity contribution in [2.75, 3.05) is 6.54 Å². The smallest absolute Gasteiger partial charge is 0.0537 e. The molecule has 3 heteroatoms. The summed E-state index contributed by atoms with van der Waals surface area (Å²) in [5.74, 6) is 0.723. The van der Waals surface area contributed by atoms with Crippen molar-refractivity contribution < 1.29 is 0 Å². The number of nitrogens with zero attached hydrogens (tertiary/aromatic N) is 2. The Hall–Kier alpha value is -0.830. The lowest BCUT2D eigenvalue weighted by Crippen LogP contribution is -2.28. The maximum atomic E-state index is 4.51. The molecule has 2 unspecified atom stereocenters. The van der Waals surface area contributed by atoms with Gasteiger partial charge in [0.1, 0.15) is 0 Å². The third-order valence-corrected chi connectivity index (χ3v) is 4.00. The van der Waals surface area contributed by atoms with Gasteiger partial charge in [-0.05, 0) is 31.7 Å². The second-order valence-corrected chi connectivity index (χ2v) is 5.78. The molecule has 1 N–H and O–H groups in total. The van der Waals surface area contributed by atoms with Crippen LogP contribution >= 0.6 is 0 Å². The minimum atomic E-state index is 0.470. The monoisotopic (exact) mass is 279 g/mol. The summed E-state index contributed by atoms with van der Waals surface area (Å²) in [5.41, 5.74) is 1.37. The molecule has 0 radical (unpaired) electrons. The van der Waals surface area contributed by atoms with E-state index >= 15 is 0 Å². The van der Waals surface area contributed by atoms with Crippen molar-refractivity contribution in [1.29, 1.82) is 0 Å². The minimum Gasteiger partial charge on any atom is -0.310 e. The molecule has 2 atom stereocenters. The van der Waals surface area contributed by atoms with Crippen LogP contribution in [0.25, 0.3) is 0 Å². The van der Waals surface area contributed by atoms with Crippen LogP contribution in [0.1, 0.15) is 77.8 Å². The maximum Gasteiger partial charge on any atom is 0.0537 e. The van der Waals surface area contributed by atoms with Crippen LogP contribution in [-0.2, 0) is 6.54 Å². The highest BCUT2D eigenvalue weighted by atomic mass is 15.3. The van der Waals surface area contributed by atoms with E-state index in [9.17, 15) is 0 Å². The summed E-state index contributed by atoms with van der Waals surface area (Å²) < 4.78 is 2.09. The molecule has 1 aromatic rings. The number of hydrogen-bond acceptors (Lipinski definition) is 2. The van der Waals surface area contributed by atoms with Crippen LogP contribution < -0.4 is 5.32 Å². The molecule has 1 rings (SSSR count). The summed E-state index contributed by atoms with van der Waals surface area (Å²) in [6.07, 6.45) is 11.8. The molecule has 0 spiro atoms. The lowest BCUT2D eigenvalue weighted by atomic mass is 9.88. The van der Waals surface area contributed by atoms with E-state index in [0.717, 1.165) is 25.4 Å². The number of rotatable bonds is 11. The van der Waals surface area contributed by atoms with E-state index in [-0.39, 0.29) is 0 Å². The molecule has 0 aliphatic rings. The van der Waals surface area contributed by atoms with Gasteiger partial charge in [-0.3, -0.25) is 4.68 Å². The van der Waals surface area contributed by atoms with Crippen molar-refractivity contribution in [3.8, 4) is 0 Å². The Morgan fingerprint density at radius 1 is 1.15 bits per heavy atom. The van der Waals surface area contributed by atoms with Crippen molar-refractivity contribution in [3.63, 3.8) is 0 Å². The molecule has 116 valence electrons. The Labute approximate surface area is 125 Å². The van der Waals surface area contributed by atoms with E-state index < -0.39 is 0 Å². The van der Waals surface area contributed by atoms with Crippen LogP contribution in [-0.4, -0.2) is 16.3 Å². The molecule has 1 aromatic heterocycles. The Kier molecular flexibility index (Phi) is 8.59. The van der Waals surface area contributed by atoms with Gasteiger partial charge in [0.05, 0.1) is 6.20 Å². The minimum absolute atomic E-state index is 0.470. The molecule has 0 saturated heterocycles. The molecular weight excluding hydrogens is 246 g/mol. The van der Waals surface area contributed by atoms with Crippen molar-refractivity contribution in [2.24, 2.45) is 5.92 Å². The molecule has 0 fully saturated rings. The summed E-state index contributed by atoms with van der Waals surface area (Å²) in [6, 6.07) is 0.470. The fourth-order valence-electron chi connectivity index (χ4n) is 2.82. The molecule has 1 heterocycles. The molecule has 0 saturated carbocycles. The zero-order valence-corrected chi connectivity index (χ0v) is 13.9. The molecule has 20 heavy (non-hydrogen) atoms. The quantitative estimate of drug-likeness (QED) is 0.644. The van der Waals surface area contributed by atoms with Crippen LogP contribution in [0, 0.1) is 5.92 Å². The Balaban J connectivity index is 2.78. The van der Waals surface area contributed by atoms with Gasteiger partial charge in [-0.1, -0.05) is 47.0 Å². The third kappa shape index (κ3) is 5.28. The Morgan fingerprint density at radius 3 is 2.55 bits per heavy atom. The van der Waals surface area contributed by atoms with E-state index in [4.69, 9.17) is 0 Å². The maximum absolute atomic E-state index is 4.51. The normalized spacial score (nSPS) is 14.4. The molecule has 0 aliphatic carbocycles. The average Bonchev–Trinajstić information content (AvgIpc) is 2.91. The highest BCUT2D eigenvalue weighted by Gasteiger charge is 2.22. The first kappa shape index (κ1) is 17.2. The van der Waals surface area contributed by atoms with Gasteiger partial charge in [0.15, 0.2) is 0 Å². The second kappa shape index (κ2) is 9.98. The van der Waals surface area contributed by atoms with Crippen molar-refractivity contribution in [3.05, 3.63) is 18.0 Å². The summed E-state index contributed by atoms with van der Waals surface area (Å²) in [5, 5.41) is 8.26. The SMILES string of the molecule is CCCCC(CC)C(NCCC)c1cnn(CCC)c1. The van der Waals surface area contributed by atoms with Crippen LogP contribution in [0.4, 0.5) is 0 Å². The summed E-state index contributed by atoms with van der Waals surface area (Å²) in [6.45, 7) is 11.1. The highest BCUT2D eigenvalue weighted by Crippen LogP contribution is 2.29. The average molecular weight is 279 g/mol. The molecular formula is C17H33N3. The van der Waals surface area contributed by atoms with Gasteiger partial charge in [0.2, 0.25) is 0 Å². The first-order valence-corrected chi connectivity index (χ1v) is 8.52. The van der Waals surface area contributed by atoms with Gasteiger partial charge in [-0.15, -0.1) is 0 Å². The number of hydrogen-bond donors (Lipinski definition) is 1. The van der Waals surface area contributed by atoms with Crippen molar-refractivity contribution in [2.45, 2.75) is 78.8 Å². The first-order chi connectivity index (χ1) is 9.76. The lowest BCUT2D eigenvalue weighted by Gasteiger charge is -2.26. The fraction of sp³-hybridized carbons (Fsp3) is 0.824. The van der Waals surface area contributed by atoms with Gasteiger partial charge in [-0.2, -0.15) is 5.10 Å². The predicted octanol–water partition coefficient (Wildman–Crippen LogP) is 4.55. The van der Waals surface area contributed by atoms with Crippen molar-refractivity contribution >= 4 is 0 Å². The van der Waals surface area contributed by atoms with Crippen LogP contribution in [0.3, 0.4) is 0 Å². The van der Waals surface area contributed by atoms with E-state index in [1.807, 2.05) is 0 Å². The van der Waals surface area contributed by atoms with Crippen molar-refractivity contribution in [1.82, 2.24) is 15.1 Å². The Bertz CT molecular complexity index is 346. The molecule has 3 nitrogen and oxygen atoms in total. The molecule has 0 aliphatic heterocycles. The van der Waals surface area contributed by atoms with Gasteiger partial charge >= 0.3 is 0 Å². The molecule has 0 aromatic carbocycles. The second-order valence-electron chi connectivity index (χ2n) is 5.78. The van der Waals surface area contributed by atoms with E-state index in [0.29, 0.717) is 6.04 Å². The number of aryl methyl sites for hydroxylation is 1. The highest BCUT2D eigenvalue weighted by molar-refractivity contribution is 5.12. The van der Waals surface area contributed by atoms with E-state index in [2.05, 4.69) is 55.2 Å². The zero-order chi connectivity index (χ0) is 14.8. The lowest BCUT2D eigenvalue weighted by molar-refractivity contribution is 0.323. The van der Waals surface area contributed by atoms with Gasteiger partial charge in [0.25, 0.3) is 0 Å². The van der Waals surface area contributed by atoms with Crippen LogP contribution in [0.15, 0.2) is 12.4 Å². The van der Waals surface area contributed by atoms with Gasteiger partial charge < -0.3 is 5.32 Å². The fourth-order valence-corrected chi connectivity index (χ4v) is 2.82.